The van der Waals surface area contributed by atoms with Gasteiger partial charge in [0.2, 0.25) is 0 Å². The largest absolute Gasteiger partial charge is 0.497 e. The number of likely N-dealkylation sites (N-methyl/N-ethyl adjacent to an activating group) is 1. The molecule has 0 aromatic heterocycles. The lowest BCUT2D eigenvalue weighted by Crippen LogP contribution is -2.22. The molecule has 0 bridgehead atoms. The summed E-state index contributed by atoms with van der Waals surface area (Å²) in [5.74, 6) is 1.18. The number of carbonyl (C=O) groups is 1. The predicted octanol–water partition coefficient (Wildman–Crippen LogP) is 1.81. The van der Waals surface area contributed by atoms with Crippen molar-refractivity contribution < 1.29 is 19.0 Å². The lowest BCUT2D eigenvalue weighted by molar-refractivity contribution is 0.151. The molecule has 1 rings (SSSR count). The Morgan fingerprint density at radius 1 is 1.26 bits per heavy atom. The maximum Gasteiger partial charge on any atom is 0.411 e. The third-order valence-corrected chi connectivity index (χ3v) is 2.42. The molecule has 0 aliphatic rings. The number of hydrogen-bond donors (Lipinski definition) is 1. The summed E-state index contributed by atoms with van der Waals surface area (Å²) in [7, 11) is 6.91. The van der Waals surface area contributed by atoms with Crippen LogP contribution >= 0.6 is 0 Å². The monoisotopic (exact) mass is 268 g/mol. The molecule has 1 amide bonds. The van der Waals surface area contributed by atoms with Gasteiger partial charge >= 0.3 is 6.09 Å². The van der Waals surface area contributed by atoms with Crippen LogP contribution < -0.4 is 14.8 Å². The maximum atomic E-state index is 11.6. The molecule has 0 spiro atoms. The van der Waals surface area contributed by atoms with E-state index >= 15 is 0 Å². The van der Waals surface area contributed by atoms with Crippen LogP contribution in [-0.4, -0.2) is 52.5 Å². The third kappa shape index (κ3) is 5.05. The molecule has 0 heterocycles. The van der Waals surface area contributed by atoms with Crippen molar-refractivity contribution in [3.05, 3.63) is 18.2 Å². The Morgan fingerprint density at radius 2 is 2.00 bits per heavy atom. The van der Waals surface area contributed by atoms with E-state index in [9.17, 15) is 4.79 Å². The Kier molecular flexibility index (Phi) is 5.95. The summed E-state index contributed by atoms with van der Waals surface area (Å²) in [4.78, 5) is 13.5. The molecule has 6 nitrogen and oxygen atoms in total. The van der Waals surface area contributed by atoms with Gasteiger partial charge in [0, 0.05) is 12.6 Å². The SMILES string of the molecule is COc1ccc(OC)c(NC(=O)OCCN(C)C)c1. The van der Waals surface area contributed by atoms with E-state index in [-0.39, 0.29) is 0 Å². The van der Waals surface area contributed by atoms with Gasteiger partial charge in [-0.3, -0.25) is 5.32 Å². The highest BCUT2D eigenvalue weighted by molar-refractivity contribution is 5.87. The van der Waals surface area contributed by atoms with Gasteiger partial charge in [-0.15, -0.1) is 0 Å². The fraction of sp³-hybridized carbons (Fsp3) is 0.462. The first-order chi connectivity index (χ1) is 9.06. The van der Waals surface area contributed by atoms with Crippen molar-refractivity contribution in [1.29, 1.82) is 0 Å². The number of rotatable bonds is 6. The van der Waals surface area contributed by atoms with Crippen molar-refractivity contribution in [3.8, 4) is 11.5 Å². The van der Waals surface area contributed by atoms with Crippen LogP contribution in [0.5, 0.6) is 11.5 Å². The fourth-order valence-electron chi connectivity index (χ4n) is 1.38. The second kappa shape index (κ2) is 7.48. The Bertz CT molecular complexity index is 421. The minimum Gasteiger partial charge on any atom is -0.497 e. The summed E-state index contributed by atoms with van der Waals surface area (Å²) >= 11 is 0. The average molecular weight is 268 g/mol. The molecule has 0 unspecified atom stereocenters. The molecule has 0 radical (unpaired) electrons. The van der Waals surface area contributed by atoms with E-state index in [0.29, 0.717) is 30.3 Å². The van der Waals surface area contributed by atoms with Crippen LogP contribution in [0.15, 0.2) is 18.2 Å². The number of anilines is 1. The Labute approximate surface area is 113 Å². The van der Waals surface area contributed by atoms with Crippen molar-refractivity contribution in [2.24, 2.45) is 0 Å². The molecule has 19 heavy (non-hydrogen) atoms. The van der Waals surface area contributed by atoms with Gasteiger partial charge in [0.15, 0.2) is 0 Å². The molecule has 106 valence electrons. The van der Waals surface area contributed by atoms with Crippen LogP contribution in [0.2, 0.25) is 0 Å². The summed E-state index contributed by atoms with van der Waals surface area (Å²) in [5, 5.41) is 2.63. The molecule has 1 N–H and O–H groups in total. The van der Waals surface area contributed by atoms with E-state index in [0.717, 1.165) is 0 Å². The van der Waals surface area contributed by atoms with Crippen molar-refractivity contribution >= 4 is 11.8 Å². The van der Waals surface area contributed by atoms with Gasteiger partial charge < -0.3 is 19.1 Å². The minimum atomic E-state index is -0.520. The van der Waals surface area contributed by atoms with Crippen LogP contribution in [0, 0.1) is 0 Å². The van der Waals surface area contributed by atoms with E-state index in [1.807, 2.05) is 19.0 Å². The lowest BCUT2D eigenvalue weighted by Gasteiger charge is -2.13. The standard InChI is InChI=1S/C13H20N2O4/c1-15(2)7-8-19-13(16)14-11-9-10(17-3)5-6-12(11)18-4/h5-6,9H,7-8H2,1-4H3,(H,14,16). The van der Waals surface area contributed by atoms with E-state index in [2.05, 4.69) is 5.32 Å². The molecule has 0 aliphatic heterocycles. The molecule has 0 aliphatic carbocycles. The highest BCUT2D eigenvalue weighted by Crippen LogP contribution is 2.28. The molecular formula is C13H20N2O4. The number of nitrogens with one attached hydrogen (secondary N) is 1. The normalized spacial score (nSPS) is 10.2. The molecule has 1 aromatic carbocycles. The molecular weight excluding hydrogens is 248 g/mol. The van der Waals surface area contributed by atoms with E-state index < -0.39 is 6.09 Å². The Balaban J connectivity index is 2.61. The van der Waals surface area contributed by atoms with Crippen molar-refractivity contribution in [2.45, 2.75) is 0 Å². The number of amides is 1. The summed E-state index contributed by atoms with van der Waals surface area (Å²) in [6.07, 6.45) is -0.520. The van der Waals surface area contributed by atoms with Crippen molar-refractivity contribution in [2.75, 3.05) is 46.8 Å². The molecule has 0 atom stereocenters. The van der Waals surface area contributed by atoms with E-state index in [1.54, 1.807) is 25.3 Å². The van der Waals surface area contributed by atoms with Crippen LogP contribution in [0.4, 0.5) is 10.5 Å². The first kappa shape index (κ1) is 15.1. The molecule has 0 saturated carbocycles. The van der Waals surface area contributed by atoms with Crippen LogP contribution in [0.3, 0.4) is 0 Å². The minimum absolute atomic E-state index is 0.325. The van der Waals surface area contributed by atoms with Gasteiger partial charge in [-0.1, -0.05) is 0 Å². The van der Waals surface area contributed by atoms with Crippen molar-refractivity contribution in [1.82, 2.24) is 4.90 Å². The highest BCUT2D eigenvalue weighted by atomic mass is 16.5. The summed E-state index contributed by atoms with van der Waals surface area (Å²) in [5.41, 5.74) is 0.511. The van der Waals surface area contributed by atoms with Crippen LogP contribution in [-0.2, 0) is 4.74 Å². The Morgan fingerprint density at radius 3 is 2.58 bits per heavy atom. The van der Waals surface area contributed by atoms with Crippen LogP contribution in [0.1, 0.15) is 0 Å². The van der Waals surface area contributed by atoms with Gasteiger partial charge in [0.25, 0.3) is 0 Å². The smallest absolute Gasteiger partial charge is 0.411 e. The first-order valence-corrected chi connectivity index (χ1v) is 5.87. The molecule has 0 fully saturated rings. The summed E-state index contributed by atoms with van der Waals surface area (Å²) in [6.45, 7) is 0.994. The average Bonchev–Trinajstić information content (AvgIpc) is 2.38. The summed E-state index contributed by atoms with van der Waals surface area (Å²) in [6, 6.07) is 5.14. The number of methoxy groups -OCH3 is 2. The van der Waals surface area contributed by atoms with Gasteiger partial charge in [-0.05, 0) is 26.2 Å². The maximum absolute atomic E-state index is 11.6. The Hall–Kier alpha value is -1.95. The number of carbonyl (C=O) groups excluding carboxylic acids is 1. The van der Waals surface area contributed by atoms with Gasteiger partial charge in [-0.2, -0.15) is 0 Å². The molecule has 6 heteroatoms. The summed E-state index contributed by atoms with van der Waals surface area (Å²) < 4.78 is 15.3. The fourth-order valence-corrected chi connectivity index (χ4v) is 1.38. The van der Waals surface area contributed by atoms with Gasteiger partial charge in [-0.25, -0.2) is 4.79 Å². The number of benzene rings is 1. The lowest BCUT2D eigenvalue weighted by atomic mass is 10.2. The molecule has 1 aromatic rings. The second-order valence-electron chi connectivity index (χ2n) is 4.13. The number of nitrogens with zero attached hydrogens (tertiary/aromatic N) is 1. The highest BCUT2D eigenvalue weighted by Gasteiger charge is 2.09. The predicted molar refractivity (Wildman–Crippen MR) is 73.1 cm³/mol. The quantitative estimate of drug-likeness (QED) is 0.852. The zero-order valence-electron chi connectivity index (χ0n) is 11.7. The third-order valence-electron chi connectivity index (χ3n) is 2.42. The van der Waals surface area contributed by atoms with E-state index in [1.165, 1.54) is 7.11 Å². The van der Waals surface area contributed by atoms with Crippen molar-refractivity contribution in [3.63, 3.8) is 0 Å². The topological polar surface area (TPSA) is 60.0 Å². The van der Waals surface area contributed by atoms with E-state index in [4.69, 9.17) is 14.2 Å². The number of ether oxygens (including phenoxy) is 3. The first-order valence-electron chi connectivity index (χ1n) is 5.87. The van der Waals surface area contributed by atoms with Gasteiger partial charge in [0.05, 0.1) is 19.9 Å². The van der Waals surface area contributed by atoms with Gasteiger partial charge in [0.1, 0.15) is 18.1 Å². The molecule has 0 saturated heterocycles. The second-order valence-corrected chi connectivity index (χ2v) is 4.13. The number of hydrogen-bond acceptors (Lipinski definition) is 5. The van der Waals surface area contributed by atoms with Crippen LogP contribution in [0.25, 0.3) is 0 Å². The zero-order chi connectivity index (χ0) is 14.3. The zero-order valence-corrected chi connectivity index (χ0v) is 11.7.